The molecule has 3 heteroatoms. The first kappa shape index (κ1) is 5.41. The van der Waals surface area contributed by atoms with E-state index in [1.807, 2.05) is 0 Å². The molecule has 8 heavy (non-hydrogen) atoms. The molecule has 0 aromatic rings. The maximum atomic E-state index is 10.1. The summed E-state index contributed by atoms with van der Waals surface area (Å²) in [6, 6.07) is 0.650. The lowest BCUT2D eigenvalue weighted by atomic mass is 9.93. The third-order valence-corrected chi connectivity index (χ3v) is 1.26. The number of nitrogens with one attached hydrogen (secondary N) is 1. The Morgan fingerprint density at radius 2 is 2.25 bits per heavy atom. The molecule has 1 aliphatic carbocycles. The van der Waals surface area contributed by atoms with Gasteiger partial charge >= 0.3 is 6.03 Å². The first-order valence-corrected chi connectivity index (χ1v) is 2.70. The molecule has 1 rings (SSSR count). The van der Waals surface area contributed by atoms with E-state index in [0.29, 0.717) is 0 Å². The summed E-state index contributed by atoms with van der Waals surface area (Å²) in [6.07, 6.45) is 3.22. The minimum Gasteiger partial charge on any atom is -0.352 e. The third kappa shape index (κ3) is 1.12. The van der Waals surface area contributed by atoms with Crippen molar-refractivity contribution >= 4 is 6.03 Å². The summed E-state index contributed by atoms with van der Waals surface area (Å²) in [5.74, 6) is 0. The second-order valence-electron chi connectivity index (χ2n) is 1.95. The van der Waals surface area contributed by atoms with Gasteiger partial charge in [-0.3, -0.25) is 0 Å². The molecule has 1 aliphatic rings. The molecule has 0 aromatic carbocycles. The number of carbonyl (C=O) groups excluding carboxylic acids is 1. The van der Waals surface area contributed by atoms with Crippen molar-refractivity contribution in [2.24, 2.45) is 5.73 Å². The topological polar surface area (TPSA) is 55.1 Å². The van der Waals surface area contributed by atoms with Gasteiger partial charge in [-0.2, -0.15) is 0 Å². The van der Waals surface area contributed by atoms with Crippen LogP contribution in [0.5, 0.6) is 0 Å². The van der Waals surface area contributed by atoms with Crippen molar-refractivity contribution in [1.29, 1.82) is 0 Å². The summed E-state index contributed by atoms with van der Waals surface area (Å²) in [7, 11) is 0. The van der Waals surface area contributed by atoms with Crippen molar-refractivity contribution in [3.63, 3.8) is 0 Å². The van der Waals surface area contributed by atoms with Crippen LogP contribution in [-0.4, -0.2) is 6.03 Å². The van der Waals surface area contributed by atoms with Gasteiger partial charge in [0, 0.05) is 0 Å². The standard InChI is InChI=1S/C5H9N2O/c6-5(8)7-4-2-1-3-4/h1-3H2,(H3,6,7,8). The molecule has 2 amide bonds. The highest BCUT2D eigenvalue weighted by Crippen LogP contribution is 2.24. The molecule has 0 spiro atoms. The molecule has 3 N–H and O–H groups in total. The minimum absolute atomic E-state index is 0.431. The summed E-state index contributed by atoms with van der Waals surface area (Å²) in [5.41, 5.74) is 4.83. The van der Waals surface area contributed by atoms with Gasteiger partial charge in [0.25, 0.3) is 0 Å². The Balaban J connectivity index is 2.09. The fraction of sp³-hybridized carbons (Fsp3) is 0.600. The Morgan fingerprint density at radius 3 is 2.38 bits per heavy atom. The predicted molar refractivity (Wildman–Crippen MR) is 29.8 cm³/mol. The third-order valence-electron chi connectivity index (χ3n) is 1.26. The quantitative estimate of drug-likeness (QED) is 0.507. The lowest BCUT2D eigenvalue weighted by molar-refractivity contribution is 0.246. The minimum atomic E-state index is -0.431. The lowest BCUT2D eigenvalue weighted by Crippen LogP contribution is -2.36. The molecule has 0 saturated heterocycles. The zero-order chi connectivity index (χ0) is 5.98. The van der Waals surface area contributed by atoms with Crippen molar-refractivity contribution in [1.82, 2.24) is 5.32 Å². The van der Waals surface area contributed by atoms with Crippen LogP contribution in [0.15, 0.2) is 0 Å². The van der Waals surface area contributed by atoms with Gasteiger partial charge < -0.3 is 11.1 Å². The summed E-state index contributed by atoms with van der Waals surface area (Å²) >= 11 is 0. The highest BCUT2D eigenvalue weighted by atomic mass is 16.2. The van der Waals surface area contributed by atoms with E-state index in [4.69, 9.17) is 5.73 Å². The summed E-state index contributed by atoms with van der Waals surface area (Å²) in [6.45, 7) is 0. The number of nitrogens with two attached hydrogens (primary N) is 1. The first-order valence-electron chi connectivity index (χ1n) is 2.70. The van der Waals surface area contributed by atoms with Crippen molar-refractivity contribution in [2.45, 2.75) is 19.3 Å². The van der Waals surface area contributed by atoms with Gasteiger partial charge in [0.15, 0.2) is 0 Å². The van der Waals surface area contributed by atoms with Crippen LogP contribution in [-0.2, 0) is 0 Å². The largest absolute Gasteiger partial charge is 0.352 e. The molecular weight excluding hydrogens is 104 g/mol. The van der Waals surface area contributed by atoms with Crippen molar-refractivity contribution < 1.29 is 4.79 Å². The van der Waals surface area contributed by atoms with E-state index in [1.165, 1.54) is 6.42 Å². The second kappa shape index (κ2) is 2.03. The molecule has 0 aromatic heterocycles. The van der Waals surface area contributed by atoms with E-state index in [1.54, 1.807) is 0 Å². The Morgan fingerprint density at radius 1 is 1.62 bits per heavy atom. The van der Waals surface area contributed by atoms with E-state index in [2.05, 4.69) is 5.32 Å². The number of rotatable bonds is 1. The zero-order valence-electron chi connectivity index (χ0n) is 4.61. The number of amides is 2. The van der Waals surface area contributed by atoms with Gasteiger partial charge in [0.1, 0.15) is 0 Å². The van der Waals surface area contributed by atoms with Crippen LogP contribution in [0.3, 0.4) is 0 Å². The van der Waals surface area contributed by atoms with E-state index in [-0.39, 0.29) is 0 Å². The van der Waals surface area contributed by atoms with E-state index < -0.39 is 6.03 Å². The highest BCUT2D eigenvalue weighted by molar-refractivity contribution is 5.73. The fourth-order valence-electron chi connectivity index (χ4n) is 0.653. The van der Waals surface area contributed by atoms with Gasteiger partial charge in [-0.1, -0.05) is 0 Å². The molecule has 1 radical (unpaired) electrons. The maximum absolute atomic E-state index is 10.1. The summed E-state index contributed by atoms with van der Waals surface area (Å²) in [4.78, 5) is 10.1. The van der Waals surface area contributed by atoms with Gasteiger partial charge in [-0.15, -0.1) is 0 Å². The van der Waals surface area contributed by atoms with E-state index in [0.717, 1.165) is 18.9 Å². The van der Waals surface area contributed by atoms with Crippen LogP contribution >= 0.6 is 0 Å². The van der Waals surface area contributed by atoms with Gasteiger partial charge in [0.05, 0.1) is 6.04 Å². The molecule has 0 aliphatic heterocycles. The molecule has 0 atom stereocenters. The zero-order valence-corrected chi connectivity index (χ0v) is 4.61. The molecule has 0 heterocycles. The number of hydrogen-bond donors (Lipinski definition) is 2. The highest BCUT2D eigenvalue weighted by Gasteiger charge is 2.18. The SMILES string of the molecule is NC(=O)N[C]1CCC1. The molecule has 0 unspecified atom stereocenters. The van der Waals surface area contributed by atoms with Gasteiger partial charge in [-0.05, 0) is 19.3 Å². The van der Waals surface area contributed by atoms with Crippen molar-refractivity contribution in [3.05, 3.63) is 6.04 Å². The molecule has 0 bridgehead atoms. The fourth-order valence-corrected chi connectivity index (χ4v) is 0.653. The molecule has 3 nitrogen and oxygen atoms in total. The van der Waals surface area contributed by atoms with Crippen LogP contribution in [0.1, 0.15) is 19.3 Å². The van der Waals surface area contributed by atoms with Gasteiger partial charge in [-0.25, -0.2) is 4.79 Å². The van der Waals surface area contributed by atoms with Crippen LogP contribution in [0, 0.1) is 6.04 Å². The van der Waals surface area contributed by atoms with Gasteiger partial charge in [0.2, 0.25) is 0 Å². The monoisotopic (exact) mass is 113 g/mol. The Hall–Kier alpha value is -0.730. The second-order valence-corrected chi connectivity index (χ2v) is 1.95. The predicted octanol–water partition coefficient (Wildman–Crippen LogP) is 0.371. The molecule has 45 valence electrons. The summed E-state index contributed by atoms with van der Waals surface area (Å²) < 4.78 is 0. The number of urea groups is 1. The average Bonchev–Trinajstić information content (AvgIpc) is 1.55. The number of primary amides is 1. The number of hydrogen-bond acceptors (Lipinski definition) is 1. The van der Waals surface area contributed by atoms with Crippen LogP contribution in [0.2, 0.25) is 0 Å². The Labute approximate surface area is 48.2 Å². The normalized spacial score (nSPS) is 19.5. The lowest BCUT2D eigenvalue weighted by Gasteiger charge is -2.23. The Bertz CT molecular complexity index is 98.6. The summed E-state index contributed by atoms with van der Waals surface area (Å²) in [5, 5.41) is 2.53. The van der Waals surface area contributed by atoms with Crippen molar-refractivity contribution in [2.75, 3.05) is 0 Å². The van der Waals surface area contributed by atoms with Crippen LogP contribution in [0.25, 0.3) is 0 Å². The van der Waals surface area contributed by atoms with Crippen molar-refractivity contribution in [3.8, 4) is 0 Å². The molecular formula is C5H9N2O. The smallest absolute Gasteiger partial charge is 0.312 e. The average molecular weight is 113 g/mol. The number of carbonyl (C=O) groups is 1. The van der Waals surface area contributed by atoms with E-state index in [9.17, 15) is 4.79 Å². The molecule has 1 fully saturated rings. The van der Waals surface area contributed by atoms with Crippen LogP contribution in [0.4, 0.5) is 4.79 Å². The first-order chi connectivity index (χ1) is 3.79. The maximum Gasteiger partial charge on any atom is 0.312 e. The van der Waals surface area contributed by atoms with Crippen LogP contribution < -0.4 is 11.1 Å². The van der Waals surface area contributed by atoms with E-state index >= 15 is 0 Å². The molecule has 1 saturated carbocycles. The Kier molecular flexibility index (Phi) is 1.37.